The van der Waals surface area contributed by atoms with E-state index >= 15 is 0 Å². The molecule has 2 N–H and O–H groups in total. The van der Waals surface area contributed by atoms with Crippen molar-refractivity contribution in [3.8, 4) is 5.75 Å². The third kappa shape index (κ3) is 2.68. The molecule has 3 rings (SSSR count). The molecule has 1 aliphatic heterocycles. The van der Waals surface area contributed by atoms with Crippen molar-refractivity contribution in [1.29, 1.82) is 0 Å². The maximum Gasteiger partial charge on any atom is 0.127 e. The summed E-state index contributed by atoms with van der Waals surface area (Å²) in [4.78, 5) is 4.18. The number of pyridine rings is 1. The van der Waals surface area contributed by atoms with Gasteiger partial charge in [0.15, 0.2) is 0 Å². The normalized spacial score (nSPS) is 21.6. The minimum Gasteiger partial charge on any atom is -0.485 e. The third-order valence-electron chi connectivity index (χ3n) is 3.21. The molecular formula is C14H12Br2N2O. The Bertz CT molecular complexity index is 618. The molecule has 0 radical (unpaired) electrons. The van der Waals surface area contributed by atoms with Crippen LogP contribution in [0.2, 0.25) is 0 Å². The maximum atomic E-state index is 6.23. The Kier molecular flexibility index (Phi) is 3.60. The Morgan fingerprint density at radius 2 is 2.00 bits per heavy atom. The summed E-state index contributed by atoms with van der Waals surface area (Å²) in [5.41, 5.74) is 8.33. The highest BCUT2D eigenvalue weighted by Crippen LogP contribution is 2.40. The summed E-state index contributed by atoms with van der Waals surface area (Å²) in [6.07, 6.45) is 4.29. The van der Waals surface area contributed by atoms with Gasteiger partial charge < -0.3 is 10.5 Å². The van der Waals surface area contributed by atoms with E-state index in [-0.39, 0.29) is 12.1 Å². The molecule has 2 aromatic rings. The van der Waals surface area contributed by atoms with Gasteiger partial charge in [0.2, 0.25) is 0 Å². The van der Waals surface area contributed by atoms with Crippen molar-refractivity contribution in [2.45, 2.75) is 18.6 Å². The summed E-state index contributed by atoms with van der Waals surface area (Å²) in [6, 6.07) is 7.98. The van der Waals surface area contributed by atoms with E-state index in [9.17, 15) is 0 Å². The molecule has 19 heavy (non-hydrogen) atoms. The number of hydrogen-bond donors (Lipinski definition) is 1. The monoisotopic (exact) mass is 382 g/mol. The smallest absolute Gasteiger partial charge is 0.127 e. The first-order valence-corrected chi connectivity index (χ1v) is 7.54. The summed E-state index contributed by atoms with van der Waals surface area (Å²) >= 11 is 6.89. The summed E-state index contributed by atoms with van der Waals surface area (Å²) in [6.45, 7) is 0. The van der Waals surface area contributed by atoms with Crippen molar-refractivity contribution in [3.05, 3.63) is 56.7 Å². The quantitative estimate of drug-likeness (QED) is 0.805. The lowest BCUT2D eigenvalue weighted by Gasteiger charge is -2.30. The number of nitrogens with zero attached hydrogens (tertiary/aromatic N) is 1. The second-order valence-corrected chi connectivity index (χ2v) is 6.40. The molecule has 0 amide bonds. The molecule has 5 heteroatoms. The number of aromatic nitrogens is 1. The van der Waals surface area contributed by atoms with Crippen molar-refractivity contribution in [1.82, 2.24) is 4.98 Å². The largest absolute Gasteiger partial charge is 0.485 e. The standard InChI is InChI=1S/C14H12Br2N2O/c15-9-1-2-11-12(17)5-13(19-14(11)4-9)8-3-10(16)7-18-6-8/h1-4,6-7,12-13H,5,17H2/t12-,13?/m0/s1. The summed E-state index contributed by atoms with van der Waals surface area (Å²) in [7, 11) is 0. The molecule has 0 aliphatic carbocycles. The molecule has 3 nitrogen and oxygen atoms in total. The Morgan fingerprint density at radius 3 is 2.79 bits per heavy atom. The molecule has 0 spiro atoms. The first-order chi connectivity index (χ1) is 9.13. The predicted molar refractivity (Wildman–Crippen MR) is 81.0 cm³/mol. The number of benzene rings is 1. The molecule has 1 unspecified atom stereocenters. The minimum atomic E-state index is -0.0539. The van der Waals surface area contributed by atoms with Gasteiger partial charge >= 0.3 is 0 Å². The van der Waals surface area contributed by atoms with Crippen LogP contribution >= 0.6 is 31.9 Å². The molecule has 1 aromatic carbocycles. The molecule has 1 aliphatic rings. The van der Waals surface area contributed by atoms with Gasteiger partial charge in [-0.3, -0.25) is 4.98 Å². The van der Waals surface area contributed by atoms with Crippen LogP contribution in [0.25, 0.3) is 0 Å². The lowest BCUT2D eigenvalue weighted by atomic mass is 9.94. The second kappa shape index (κ2) is 5.23. The maximum absolute atomic E-state index is 6.23. The van der Waals surface area contributed by atoms with Crippen molar-refractivity contribution in [2.75, 3.05) is 0 Å². The van der Waals surface area contributed by atoms with E-state index in [0.29, 0.717) is 0 Å². The Balaban J connectivity index is 1.96. The van der Waals surface area contributed by atoms with Crippen molar-refractivity contribution >= 4 is 31.9 Å². The van der Waals surface area contributed by atoms with Crippen molar-refractivity contribution in [3.63, 3.8) is 0 Å². The van der Waals surface area contributed by atoms with Gasteiger partial charge in [-0.15, -0.1) is 0 Å². The number of ether oxygens (including phenoxy) is 1. The van der Waals surface area contributed by atoms with E-state index < -0.39 is 0 Å². The molecule has 0 saturated heterocycles. The SMILES string of the molecule is N[C@H]1CC(c2cncc(Br)c2)Oc2cc(Br)ccc21. The molecule has 1 aromatic heterocycles. The van der Waals surface area contributed by atoms with Crippen LogP contribution < -0.4 is 10.5 Å². The fourth-order valence-corrected chi connectivity index (χ4v) is 3.01. The number of rotatable bonds is 1. The summed E-state index contributed by atoms with van der Waals surface area (Å²) < 4.78 is 7.99. The van der Waals surface area contributed by atoms with Gasteiger partial charge in [-0.1, -0.05) is 22.0 Å². The van der Waals surface area contributed by atoms with Gasteiger partial charge in [-0.25, -0.2) is 0 Å². The molecule has 2 atom stereocenters. The van der Waals surface area contributed by atoms with Crippen LogP contribution in [0.5, 0.6) is 5.75 Å². The molecule has 98 valence electrons. The van der Waals surface area contributed by atoms with Crippen LogP contribution in [-0.2, 0) is 0 Å². The molecule has 0 saturated carbocycles. The first kappa shape index (κ1) is 13.1. The lowest BCUT2D eigenvalue weighted by Crippen LogP contribution is -2.24. The highest BCUT2D eigenvalue weighted by molar-refractivity contribution is 9.10. The molecule has 0 fully saturated rings. The van der Waals surface area contributed by atoms with Gasteiger partial charge in [0.25, 0.3) is 0 Å². The van der Waals surface area contributed by atoms with Crippen LogP contribution in [0.4, 0.5) is 0 Å². The van der Waals surface area contributed by atoms with Crippen molar-refractivity contribution < 1.29 is 4.74 Å². The lowest BCUT2D eigenvalue weighted by molar-refractivity contribution is 0.161. The van der Waals surface area contributed by atoms with Gasteiger partial charge in [-0.2, -0.15) is 0 Å². The average Bonchev–Trinajstić information content (AvgIpc) is 2.38. The fraction of sp³-hybridized carbons (Fsp3) is 0.214. The van der Waals surface area contributed by atoms with Gasteiger partial charge in [-0.05, 0) is 34.1 Å². The highest BCUT2D eigenvalue weighted by Gasteiger charge is 2.27. The van der Waals surface area contributed by atoms with E-state index in [1.807, 2.05) is 30.5 Å². The van der Waals surface area contributed by atoms with Crippen molar-refractivity contribution in [2.24, 2.45) is 5.73 Å². The highest BCUT2D eigenvalue weighted by atomic mass is 79.9. The zero-order valence-corrected chi connectivity index (χ0v) is 13.2. The summed E-state index contributed by atoms with van der Waals surface area (Å²) in [5.74, 6) is 0.845. The number of hydrogen-bond acceptors (Lipinski definition) is 3. The average molecular weight is 384 g/mol. The fourth-order valence-electron chi connectivity index (χ4n) is 2.28. The topological polar surface area (TPSA) is 48.1 Å². The van der Waals surface area contributed by atoms with Gasteiger partial charge in [0.05, 0.1) is 0 Å². The Labute approximate surface area is 128 Å². The predicted octanol–water partition coefficient (Wildman–Crippen LogP) is 4.13. The van der Waals surface area contributed by atoms with Crippen LogP contribution in [0.3, 0.4) is 0 Å². The Hall–Kier alpha value is -0.910. The molecular weight excluding hydrogens is 372 g/mol. The number of nitrogens with two attached hydrogens (primary N) is 1. The van der Waals surface area contributed by atoms with E-state index in [2.05, 4.69) is 36.8 Å². The first-order valence-electron chi connectivity index (χ1n) is 5.95. The van der Waals surface area contributed by atoms with E-state index in [1.54, 1.807) is 6.20 Å². The zero-order valence-electron chi connectivity index (χ0n) is 10.0. The van der Waals surface area contributed by atoms with Gasteiger partial charge in [0, 0.05) is 44.9 Å². The van der Waals surface area contributed by atoms with E-state index in [1.165, 1.54) is 0 Å². The number of fused-ring (bicyclic) bond motifs is 1. The van der Waals surface area contributed by atoms with Gasteiger partial charge in [0.1, 0.15) is 11.9 Å². The van der Waals surface area contributed by atoms with Crippen LogP contribution in [-0.4, -0.2) is 4.98 Å². The minimum absolute atomic E-state index is 0.0131. The summed E-state index contributed by atoms with van der Waals surface area (Å²) in [5, 5.41) is 0. The Morgan fingerprint density at radius 1 is 1.16 bits per heavy atom. The molecule has 2 heterocycles. The van der Waals surface area contributed by atoms with Crippen LogP contribution in [0.1, 0.15) is 29.7 Å². The zero-order chi connectivity index (χ0) is 13.4. The second-order valence-electron chi connectivity index (χ2n) is 4.57. The number of halogens is 2. The van der Waals surface area contributed by atoms with Crippen LogP contribution in [0.15, 0.2) is 45.6 Å². The van der Waals surface area contributed by atoms with Crippen LogP contribution in [0, 0.1) is 0 Å². The third-order valence-corrected chi connectivity index (χ3v) is 4.14. The molecule has 0 bridgehead atoms. The van der Waals surface area contributed by atoms with E-state index in [4.69, 9.17) is 10.5 Å². The van der Waals surface area contributed by atoms with E-state index in [0.717, 1.165) is 32.2 Å².